The lowest BCUT2D eigenvalue weighted by Crippen LogP contribution is -2.36. The van der Waals surface area contributed by atoms with Gasteiger partial charge in [-0.25, -0.2) is 0 Å². The Balaban J connectivity index is 2.14. The second-order valence-electron chi connectivity index (χ2n) is 3.93. The Morgan fingerprint density at radius 3 is 2.80 bits per heavy atom. The van der Waals surface area contributed by atoms with E-state index in [4.69, 9.17) is 12.2 Å². The maximum absolute atomic E-state index is 5.27. The van der Waals surface area contributed by atoms with Crippen molar-refractivity contribution in [2.45, 2.75) is 0 Å². The largest absolute Gasteiger partial charge is 0.359 e. The van der Waals surface area contributed by atoms with Gasteiger partial charge in [-0.05, 0) is 24.4 Å². The Morgan fingerprint density at radius 1 is 1.45 bits per heavy atom. The number of thiocarbonyl (C=S) groups is 1. The number of hydrogen-bond donors (Lipinski definition) is 1. The summed E-state index contributed by atoms with van der Waals surface area (Å²) < 4.78 is 1.04. The molecule has 104 valence electrons. The molecular weight excluding hydrogens is 356 g/mol. The Bertz CT molecular complexity index is 609. The molecule has 0 aliphatic carbocycles. The van der Waals surface area contributed by atoms with Crippen molar-refractivity contribution in [3.8, 4) is 10.6 Å². The third kappa shape index (κ3) is 3.62. The Hall–Kier alpha value is -1.31. The molecule has 1 heterocycles. The number of hydrogen-bond acceptors (Lipinski definition) is 4. The molecule has 0 fully saturated rings. The van der Waals surface area contributed by atoms with Gasteiger partial charge in [-0.2, -0.15) is 0 Å². The van der Waals surface area contributed by atoms with Gasteiger partial charge in [0.05, 0.1) is 0 Å². The average Bonchev–Trinajstić information content (AvgIpc) is 2.94. The van der Waals surface area contributed by atoms with Crippen LogP contribution in [0.5, 0.6) is 0 Å². The summed E-state index contributed by atoms with van der Waals surface area (Å²) in [5, 5.41) is 13.7. The van der Waals surface area contributed by atoms with Crippen molar-refractivity contribution in [1.29, 1.82) is 0 Å². The van der Waals surface area contributed by atoms with Crippen LogP contribution < -0.4 is 10.2 Å². The molecule has 7 heteroatoms. The first-order valence-electron chi connectivity index (χ1n) is 5.83. The molecule has 0 aliphatic rings. The first-order valence-corrected chi connectivity index (χ1v) is 7.85. The van der Waals surface area contributed by atoms with Crippen molar-refractivity contribution in [3.63, 3.8) is 0 Å². The summed E-state index contributed by atoms with van der Waals surface area (Å²) in [5.74, 6) is 0. The van der Waals surface area contributed by atoms with Gasteiger partial charge >= 0.3 is 0 Å². The topological polar surface area (TPSA) is 41.0 Å². The summed E-state index contributed by atoms with van der Waals surface area (Å²) in [6, 6.07) is 7.97. The lowest BCUT2D eigenvalue weighted by molar-refractivity contribution is 1.000. The zero-order valence-electron chi connectivity index (χ0n) is 10.8. The van der Waals surface area contributed by atoms with Gasteiger partial charge in [-0.15, -0.1) is 16.8 Å². The van der Waals surface area contributed by atoms with Crippen LogP contribution in [0.1, 0.15) is 0 Å². The number of halogens is 1. The molecule has 0 spiro atoms. The van der Waals surface area contributed by atoms with Crippen molar-refractivity contribution in [1.82, 2.24) is 15.5 Å². The van der Waals surface area contributed by atoms with Crippen LogP contribution in [-0.4, -0.2) is 28.9 Å². The van der Waals surface area contributed by atoms with Crippen LogP contribution in [0.3, 0.4) is 0 Å². The van der Waals surface area contributed by atoms with Gasteiger partial charge in [0.2, 0.25) is 5.13 Å². The van der Waals surface area contributed by atoms with Gasteiger partial charge in [0.15, 0.2) is 5.11 Å². The van der Waals surface area contributed by atoms with Crippen molar-refractivity contribution in [2.24, 2.45) is 0 Å². The molecule has 0 saturated heterocycles. The molecule has 0 atom stereocenters. The standard InChI is InChI=1S/C13H13BrN4S2/c1-3-8-15-12(19)18(2)13-17-16-11(20-13)9-4-6-10(14)7-5-9/h3-7H,1,8H2,2H3,(H,15,19). The fraction of sp³-hybridized carbons (Fsp3) is 0.154. The van der Waals surface area contributed by atoms with Gasteiger partial charge < -0.3 is 5.32 Å². The number of rotatable bonds is 4. The molecule has 0 amide bonds. The van der Waals surface area contributed by atoms with Gasteiger partial charge in [0.25, 0.3) is 0 Å². The first-order chi connectivity index (χ1) is 9.61. The number of anilines is 1. The third-order valence-corrected chi connectivity index (χ3v) is 4.49. The van der Waals surface area contributed by atoms with E-state index in [1.54, 1.807) is 11.0 Å². The summed E-state index contributed by atoms with van der Waals surface area (Å²) in [6.45, 7) is 4.27. The maximum Gasteiger partial charge on any atom is 0.214 e. The summed E-state index contributed by atoms with van der Waals surface area (Å²) in [7, 11) is 1.87. The molecule has 1 aromatic carbocycles. The van der Waals surface area contributed by atoms with E-state index in [2.05, 4.69) is 38.0 Å². The third-order valence-electron chi connectivity index (χ3n) is 2.49. The van der Waals surface area contributed by atoms with Crippen LogP contribution in [0.4, 0.5) is 5.13 Å². The Kier molecular flexibility index (Phi) is 5.22. The highest BCUT2D eigenvalue weighted by molar-refractivity contribution is 9.10. The molecule has 0 unspecified atom stereocenters. The first kappa shape index (κ1) is 15.1. The van der Waals surface area contributed by atoms with Crippen LogP contribution in [0.15, 0.2) is 41.4 Å². The molecule has 20 heavy (non-hydrogen) atoms. The summed E-state index contributed by atoms with van der Waals surface area (Å²) in [5.41, 5.74) is 1.04. The van der Waals surface area contributed by atoms with Gasteiger partial charge in [0.1, 0.15) is 5.01 Å². The Morgan fingerprint density at radius 2 is 2.15 bits per heavy atom. The highest BCUT2D eigenvalue weighted by Gasteiger charge is 2.13. The van der Waals surface area contributed by atoms with E-state index in [0.717, 1.165) is 20.2 Å². The minimum Gasteiger partial charge on any atom is -0.359 e. The van der Waals surface area contributed by atoms with E-state index in [1.807, 2.05) is 31.3 Å². The highest BCUT2D eigenvalue weighted by atomic mass is 79.9. The number of aromatic nitrogens is 2. The predicted molar refractivity (Wildman–Crippen MR) is 92.2 cm³/mol. The smallest absolute Gasteiger partial charge is 0.214 e. The molecular formula is C13H13BrN4S2. The monoisotopic (exact) mass is 368 g/mol. The average molecular weight is 369 g/mol. The molecule has 0 aliphatic heterocycles. The second-order valence-corrected chi connectivity index (χ2v) is 6.19. The van der Waals surface area contributed by atoms with E-state index in [9.17, 15) is 0 Å². The molecule has 1 aromatic heterocycles. The van der Waals surface area contributed by atoms with Crippen molar-refractivity contribution >= 4 is 49.7 Å². The van der Waals surface area contributed by atoms with E-state index >= 15 is 0 Å². The maximum atomic E-state index is 5.27. The van der Waals surface area contributed by atoms with Crippen molar-refractivity contribution < 1.29 is 0 Å². The van der Waals surface area contributed by atoms with Crippen LogP contribution >= 0.6 is 39.5 Å². The number of benzene rings is 1. The fourth-order valence-electron chi connectivity index (χ4n) is 1.43. The normalized spacial score (nSPS) is 10.1. The highest BCUT2D eigenvalue weighted by Crippen LogP contribution is 2.28. The van der Waals surface area contributed by atoms with Crippen LogP contribution in [-0.2, 0) is 0 Å². The predicted octanol–water partition coefficient (Wildman–Crippen LogP) is 3.46. The van der Waals surface area contributed by atoms with Crippen LogP contribution in [0.25, 0.3) is 10.6 Å². The van der Waals surface area contributed by atoms with Gasteiger partial charge in [0, 0.05) is 23.6 Å². The summed E-state index contributed by atoms with van der Waals surface area (Å²) in [4.78, 5) is 1.80. The minimum atomic E-state index is 0.600. The zero-order valence-corrected chi connectivity index (χ0v) is 14.1. The van der Waals surface area contributed by atoms with Gasteiger partial charge in [-0.3, -0.25) is 4.90 Å². The number of nitrogens with zero attached hydrogens (tertiary/aromatic N) is 3. The second kappa shape index (κ2) is 6.92. The van der Waals surface area contributed by atoms with Crippen LogP contribution in [0.2, 0.25) is 0 Å². The SMILES string of the molecule is C=CCNC(=S)N(C)c1nnc(-c2ccc(Br)cc2)s1. The Labute approximate surface area is 135 Å². The fourth-order valence-corrected chi connectivity index (χ4v) is 2.74. The van der Waals surface area contributed by atoms with Crippen molar-refractivity contribution in [3.05, 3.63) is 41.4 Å². The lowest BCUT2D eigenvalue weighted by atomic mass is 10.2. The summed E-state index contributed by atoms with van der Waals surface area (Å²) >= 11 is 10.2. The van der Waals surface area contributed by atoms with E-state index in [-0.39, 0.29) is 0 Å². The van der Waals surface area contributed by atoms with Crippen LogP contribution in [0, 0.1) is 0 Å². The molecule has 0 radical (unpaired) electrons. The van der Waals surface area contributed by atoms with Crippen molar-refractivity contribution in [2.75, 3.05) is 18.5 Å². The van der Waals surface area contributed by atoms with E-state index in [1.165, 1.54) is 11.3 Å². The molecule has 2 aromatic rings. The molecule has 0 saturated carbocycles. The lowest BCUT2D eigenvalue weighted by Gasteiger charge is -2.16. The van der Waals surface area contributed by atoms with E-state index in [0.29, 0.717) is 11.7 Å². The zero-order chi connectivity index (χ0) is 14.5. The number of nitrogens with one attached hydrogen (secondary N) is 1. The summed E-state index contributed by atoms with van der Waals surface area (Å²) in [6.07, 6.45) is 1.76. The molecule has 4 nitrogen and oxygen atoms in total. The van der Waals surface area contributed by atoms with E-state index < -0.39 is 0 Å². The molecule has 1 N–H and O–H groups in total. The minimum absolute atomic E-state index is 0.600. The van der Waals surface area contributed by atoms with Gasteiger partial charge in [-0.1, -0.05) is 45.5 Å². The molecule has 0 bridgehead atoms. The molecule has 2 rings (SSSR count). The quantitative estimate of drug-likeness (QED) is 0.660.